The molecule has 1 aromatic heterocycles. The molecule has 4 saturated carbocycles. The summed E-state index contributed by atoms with van der Waals surface area (Å²) in [5, 5.41) is 2.99. The van der Waals surface area contributed by atoms with E-state index in [1.165, 1.54) is 44.1 Å². The second-order valence-electron chi connectivity index (χ2n) is 11.2. The molecule has 5 nitrogen and oxygen atoms in total. The molecule has 0 radical (unpaired) electrons. The van der Waals surface area contributed by atoms with Gasteiger partial charge in [-0.2, -0.15) is 0 Å². The summed E-state index contributed by atoms with van der Waals surface area (Å²) in [6.45, 7) is 4.30. The molecular formula is C28H36N2O3. The molecular weight excluding hydrogens is 412 g/mol. The van der Waals surface area contributed by atoms with Gasteiger partial charge in [0.2, 0.25) is 5.91 Å². The third-order valence-electron chi connectivity index (χ3n) is 8.37. The number of hydrogen-bond acceptors (Lipinski definition) is 3. The monoisotopic (exact) mass is 448 g/mol. The van der Waals surface area contributed by atoms with Crippen molar-refractivity contribution in [2.24, 2.45) is 23.7 Å². The van der Waals surface area contributed by atoms with Gasteiger partial charge >= 0.3 is 0 Å². The Kier molecular flexibility index (Phi) is 5.84. The summed E-state index contributed by atoms with van der Waals surface area (Å²) in [6.07, 6.45) is 9.84. The molecule has 1 atom stereocenters. The SMILES string of the molecule is CC(C)[C@@H](NC(=O)c1ccc(C23CC4CC(CC(C4)C2)C3)cc1)C(=O)N(C)Cc1ccco1. The number of carbonyl (C=O) groups excluding carboxylic acids is 2. The van der Waals surface area contributed by atoms with Gasteiger partial charge in [0.25, 0.3) is 5.91 Å². The number of benzene rings is 1. The highest BCUT2D eigenvalue weighted by Crippen LogP contribution is 2.60. The minimum Gasteiger partial charge on any atom is -0.467 e. The van der Waals surface area contributed by atoms with E-state index in [0.717, 1.165) is 23.5 Å². The Morgan fingerprint density at radius 1 is 1.03 bits per heavy atom. The van der Waals surface area contributed by atoms with Crippen LogP contribution in [0.2, 0.25) is 0 Å². The fourth-order valence-electron chi connectivity index (χ4n) is 7.13. The first-order valence-corrected chi connectivity index (χ1v) is 12.5. The summed E-state index contributed by atoms with van der Waals surface area (Å²) >= 11 is 0. The fraction of sp³-hybridized carbons (Fsp3) is 0.571. The van der Waals surface area contributed by atoms with Crippen LogP contribution in [0.3, 0.4) is 0 Å². The molecule has 0 saturated heterocycles. The second-order valence-corrected chi connectivity index (χ2v) is 11.2. The number of hydrogen-bond donors (Lipinski definition) is 1. The van der Waals surface area contributed by atoms with E-state index < -0.39 is 6.04 Å². The van der Waals surface area contributed by atoms with Gasteiger partial charge in [0, 0.05) is 12.6 Å². The first kappa shape index (κ1) is 22.2. The lowest BCUT2D eigenvalue weighted by Crippen LogP contribution is -2.50. The summed E-state index contributed by atoms with van der Waals surface area (Å²) in [6, 6.07) is 11.3. The van der Waals surface area contributed by atoms with Crippen LogP contribution in [0.25, 0.3) is 0 Å². The largest absolute Gasteiger partial charge is 0.467 e. The van der Waals surface area contributed by atoms with Gasteiger partial charge in [-0.1, -0.05) is 26.0 Å². The molecule has 0 aliphatic heterocycles. The van der Waals surface area contributed by atoms with Crippen molar-refractivity contribution in [3.8, 4) is 0 Å². The molecule has 2 aromatic rings. The molecule has 4 aliphatic carbocycles. The third-order valence-corrected chi connectivity index (χ3v) is 8.37. The zero-order valence-corrected chi connectivity index (χ0v) is 20.0. The highest BCUT2D eigenvalue weighted by molar-refractivity contribution is 5.97. The predicted octanol–water partition coefficient (Wildman–Crippen LogP) is 5.16. The normalized spacial score (nSPS) is 28.7. The fourth-order valence-corrected chi connectivity index (χ4v) is 7.13. The topological polar surface area (TPSA) is 62.6 Å². The highest BCUT2D eigenvalue weighted by Gasteiger charge is 2.51. The number of nitrogens with zero attached hydrogens (tertiary/aromatic N) is 1. The lowest BCUT2D eigenvalue weighted by Gasteiger charge is -2.57. The Morgan fingerprint density at radius 2 is 1.64 bits per heavy atom. The molecule has 4 bridgehead atoms. The molecule has 5 heteroatoms. The molecule has 1 heterocycles. The van der Waals surface area contributed by atoms with Gasteiger partial charge in [-0.25, -0.2) is 0 Å². The molecule has 0 unspecified atom stereocenters. The van der Waals surface area contributed by atoms with E-state index in [1.807, 2.05) is 38.1 Å². The molecule has 1 N–H and O–H groups in total. The van der Waals surface area contributed by atoms with Gasteiger partial charge < -0.3 is 14.6 Å². The van der Waals surface area contributed by atoms with Gasteiger partial charge in [-0.3, -0.25) is 9.59 Å². The molecule has 6 rings (SSSR count). The molecule has 4 fully saturated rings. The van der Waals surface area contributed by atoms with Gasteiger partial charge in [0.05, 0.1) is 12.8 Å². The molecule has 2 amide bonds. The van der Waals surface area contributed by atoms with E-state index in [1.54, 1.807) is 18.2 Å². The first-order chi connectivity index (χ1) is 15.8. The van der Waals surface area contributed by atoms with Crippen LogP contribution < -0.4 is 5.32 Å². The summed E-state index contributed by atoms with van der Waals surface area (Å²) in [7, 11) is 1.74. The van der Waals surface area contributed by atoms with Crippen LogP contribution in [0.1, 0.15) is 74.1 Å². The Morgan fingerprint density at radius 3 is 2.15 bits per heavy atom. The number of furan rings is 1. The highest BCUT2D eigenvalue weighted by atomic mass is 16.3. The van der Waals surface area contributed by atoms with E-state index in [2.05, 4.69) is 17.4 Å². The number of amides is 2. The van der Waals surface area contributed by atoms with Crippen molar-refractivity contribution in [1.82, 2.24) is 10.2 Å². The summed E-state index contributed by atoms with van der Waals surface area (Å²) in [5.41, 5.74) is 2.36. The maximum atomic E-state index is 13.1. The van der Waals surface area contributed by atoms with Crippen LogP contribution in [0.4, 0.5) is 0 Å². The van der Waals surface area contributed by atoms with Crippen molar-refractivity contribution in [1.29, 1.82) is 0 Å². The number of likely N-dealkylation sites (N-methyl/N-ethyl adjacent to an activating group) is 1. The van der Waals surface area contributed by atoms with Crippen molar-refractivity contribution in [2.45, 2.75) is 70.4 Å². The van der Waals surface area contributed by atoms with Gasteiger partial charge in [0.15, 0.2) is 0 Å². The molecule has 4 aliphatic rings. The van der Waals surface area contributed by atoms with Crippen molar-refractivity contribution < 1.29 is 14.0 Å². The zero-order chi connectivity index (χ0) is 23.2. The predicted molar refractivity (Wildman–Crippen MR) is 128 cm³/mol. The summed E-state index contributed by atoms with van der Waals surface area (Å²) in [4.78, 5) is 27.7. The van der Waals surface area contributed by atoms with Crippen LogP contribution in [0.5, 0.6) is 0 Å². The summed E-state index contributed by atoms with van der Waals surface area (Å²) < 4.78 is 5.36. The van der Waals surface area contributed by atoms with Crippen molar-refractivity contribution in [3.05, 3.63) is 59.5 Å². The number of carbonyl (C=O) groups is 2. The van der Waals surface area contributed by atoms with Crippen LogP contribution >= 0.6 is 0 Å². The van der Waals surface area contributed by atoms with Gasteiger partial charge in [-0.05, 0) is 97.4 Å². The summed E-state index contributed by atoms with van der Waals surface area (Å²) in [5.74, 6) is 3.10. The number of rotatable bonds is 7. The van der Waals surface area contributed by atoms with Gasteiger partial charge in [0.1, 0.15) is 11.8 Å². The van der Waals surface area contributed by atoms with E-state index >= 15 is 0 Å². The van der Waals surface area contributed by atoms with Crippen LogP contribution in [0, 0.1) is 23.7 Å². The Balaban J connectivity index is 1.26. The van der Waals surface area contributed by atoms with Crippen molar-refractivity contribution in [3.63, 3.8) is 0 Å². The average molecular weight is 449 g/mol. The van der Waals surface area contributed by atoms with Crippen LogP contribution in [0.15, 0.2) is 47.1 Å². The quantitative estimate of drug-likeness (QED) is 0.636. The average Bonchev–Trinajstić information content (AvgIpc) is 3.29. The molecule has 0 spiro atoms. The van der Waals surface area contributed by atoms with E-state index in [0.29, 0.717) is 17.5 Å². The smallest absolute Gasteiger partial charge is 0.251 e. The van der Waals surface area contributed by atoms with E-state index in [9.17, 15) is 9.59 Å². The Labute approximate surface area is 196 Å². The second kappa shape index (κ2) is 8.66. The van der Waals surface area contributed by atoms with E-state index in [-0.39, 0.29) is 17.7 Å². The first-order valence-electron chi connectivity index (χ1n) is 12.5. The Bertz CT molecular complexity index is 957. The molecule has 33 heavy (non-hydrogen) atoms. The van der Waals surface area contributed by atoms with Crippen LogP contribution in [-0.2, 0) is 16.8 Å². The molecule has 176 valence electrons. The zero-order valence-electron chi connectivity index (χ0n) is 20.0. The van der Waals surface area contributed by atoms with E-state index in [4.69, 9.17) is 4.42 Å². The maximum Gasteiger partial charge on any atom is 0.251 e. The lowest BCUT2D eigenvalue weighted by atomic mass is 9.48. The van der Waals surface area contributed by atoms with Crippen molar-refractivity contribution in [2.75, 3.05) is 7.05 Å². The lowest BCUT2D eigenvalue weighted by molar-refractivity contribution is -0.133. The maximum absolute atomic E-state index is 13.1. The molecule has 1 aromatic carbocycles. The third kappa shape index (κ3) is 4.34. The van der Waals surface area contributed by atoms with Crippen LogP contribution in [-0.4, -0.2) is 29.8 Å². The van der Waals surface area contributed by atoms with Crippen molar-refractivity contribution >= 4 is 11.8 Å². The minimum atomic E-state index is -0.583. The number of nitrogens with one attached hydrogen (secondary N) is 1. The van der Waals surface area contributed by atoms with Gasteiger partial charge in [-0.15, -0.1) is 0 Å². The Hall–Kier alpha value is -2.56. The minimum absolute atomic E-state index is 0.0215. The standard InChI is InChI=1S/C28H36N2O3/c1-18(2)25(27(32)30(3)17-24-5-4-10-33-24)29-26(31)22-6-8-23(9-7-22)28-14-19-11-20(15-28)13-21(12-19)16-28/h4-10,18-21,25H,11-17H2,1-3H3,(H,29,31)/t19?,20?,21?,25-,28?/m1/s1.